The van der Waals surface area contributed by atoms with Crippen molar-refractivity contribution in [3.63, 3.8) is 0 Å². The fraction of sp³-hybridized carbons (Fsp3) is 0.143. The van der Waals surface area contributed by atoms with Crippen LogP contribution in [0.3, 0.4) is 0 Å². The molecule has 1 rings (SSSR count). The summed E-state index contributed by atoms with van der Waals surface area (Å²) < 4.78 is 0.466. The predicted molar refractivity (Wildman–Crippen MR) is 48.8 cm³/mol. The minimum Gasteiger partial charge on any atom is -0.282 e. The van der Waals surface area contributed by atoms with Gasteiger partial charge in [-0.2, -0.15) is 0 Å². The number of nitrogens with one attached hydrogen (secondary N) is 1. The Kier molecular flexibility index (Phi) is 3.41. The van der Waals surface area contributed by atoms with E-state index in [1.807, 2.05) is 5.48 Å². The van der Waals surface area contributed by atoms with Gasteiger partial charge < -0.3 is 0 Å². The van der Waals surface area contributed by atoms with Gasteiger partial charge in [0.05, 0.1) is 16.3 Å². The average molecular weight is 220 g/mol. The highest BCUT2D eigenvalue weighted by Gasteiger charge is 2.17. The van der Waals surface area contributed by atoms with Gasteiger partial charge in [0.15, 0.2) is 0 Å². The summed E-state index contributed by atoms with van der Waals surface area (Å²) in [5, 5.41) is 0. The number of Topliss-reactive ketones (excluding diaryl/α,β-unsaturated/α-hetero) is 1. The summed E-state index contributed by atoms with van der Waals surface area (Å²) in [4.78, 5) is 26.7. The molecule has 0 atom stereocenters. The maximum absolute atomic E-state index is 11.2. The van der Waals surface area contributed by atoms with Crippen molar-refractivity contribution in [1.82, 2.24) is 5.48 Å². The van der Waals surface area contributed by atoms with Crippen LogP contribution in [0.4, 0.5) is 0 Å². The smallest absolute Gasteiger partial charge is 0.282 e. The Hall–Kier alpha value is -0.910. The third-order valence-electron chi connectivity index (χ3n) is 1.20. The first kappa shape index (κ1) is 10.2. The zero-order chi connectivity index (χ0) is 9.84. The third kappa shape index (κ3) is 2.51. The van der Waals surface area contributed by atoms with E-state index in [1.165, 1.54) is 13.2 Å². The molecule has 1 aromatic heterocycles. The number of rotatable bonds is 3. The maximum atomic E-state index is 11.2. The summed E-state index contributed by atoms with van der Waals surface area (Å²) >= 11 is 6.64. The second-order valence-corrected chi connectivity index (χ2v) is 3.78. The first-order valence-corrected chi connectivity index (χ1v) is 4.47. The molecule has 0 unspecified atom stereocenters. The summed E-state index contributed by atoms with van der Waals surface area (Å²) in [6.07, 6.45) is 0. The average Bonchev–Trinajstić information content (AvgIpc) is 2.51. The van der Waals surface area contributed by atoms with E-state index in [2.05, 4.69) is 4.84 Å². The van der Waals surface area contributed by atoms with Crippen LogP contribution in [0.2, 0.25) is 4.34 Å². The number of halogens is 1. The number of thiophene rings is 1. The van der Waals surface area contributed by atoms with Crippen molar-refractivity contribution in [3.8, 4) is 0 Å². The van der Waals surface area contributed by atoms with E-state index in [9.17, 15) is 9.59 Å². The molecule has 1 aromatic rings. The van der Waals surface area contributed by atoms with Gasteiger partial charge in [-0.25, -0.2) is 5.48 Å². The molecule has 0 saturated carbocycles. The molecule has 0 aromatic carbocycles. The summed E-state index contributed by atoms with van der Waals surface area (Å²) in [5.74, 6) is -1.46. The van der Waals surface area contributed by atoms with Gasteiger partial charge >= 0.3 is 5.91 Å². The molecule has 0 fully saturated rings. The topological polar surface area (TPSA) is 55.4 Å². The number of hydrogen-bond acceptors (Lipinski definition) is 4. The fourth-order valence-corrected chi connectivity index (χ4v) is 1.67. The van der Waals surface area contributed by atoms with Crippen LogP contribution in [0.15, 0.2) is 12.1 Å². The molecule has 4 nitrogen and oxygen atoms in total. The van der Waals surface area contributed by atoms with E-state index in [0.717, 1.165) is 11.3 Å². The lowest BCUT2D eigenvalue weighted by atomic mass is 10.3. The van der Waals surface area contributed by atoms with Crippen LogP contribution in [0.25, 0.3) is 0 Å². The molecule has 70 valence electrons. The number of hydrogen-bond donors (Lipinski definition) is 1. The summed E-state index contributed by atoms with van der Waals surface area (Å²) in [7, 11) is 1.26. The lowest BCUT2D eigenvalue weighted by Gasteiger charge is -1.97. The Morgan fingerprint density at radius 3 is 2.69 bits per heavy atom. The first-order valence-electron chi connectivity index (χ1n) is 3.28. The van der Waals surface area contributed by atoms with Crippen molar-refractivity contribution < 1.29 is 14.4 Å². The van der Waals surface area contributed by atoms with Crippen molar-refractivity contribution in [3.05, 3.63) is 21.3 Å². The van der Waals surface area contributed by atoms with Gasteiger partial charge in [-0.15, -0.1) is 11.3 Å². The molecule has 0 aliphatic carbocycles. The zero-order valence-corrected chi connectivity index (χ0v) is 8.24. The molecule has 0 radical (unpaired) electrons. The second-order valence-electron chi connectivity index (χ2n) is 2.07. The number of amides is 1. The van der Waals surface area contributed by atoms with Gasteiger partial charge in [0.1, 0.15) is 0 Å². The highest BCUT2D eigenvalue weighted by Crippen LogP contribution is 2.21. The van der Waals surface area contributed by atoms with Gasteiger partial charge in [-0.1, -0.05) is 11.6 Å². The van der Waals surface area contributed by atoms with Gasteiger partial charge in [-0.05, 0) is 12.1 Å². The van der Waals surface area contributed by atoms with Crippen molar-refractivity contribution in [2.75, 3.05) is 7.11 Å². The normalized spacial score (nSPS) is 9.69. The van der Waals surface area contributed by atoms with E-state index < -0.39 is 11.7 Å². The first-order chi connectivity index (χ1) is 6.15. The molecule has 0 saturated heterocycles. The molecule has 1 heterocycles. The quantitative estimate of drug-likeness (QED) is 0.473. The summed E-state index contributed by atoms with van der Waals surface area (Å²) in [6, 6.07) is 3.05. The minimum atomic E-state index is -0.805. The van der Waals surface area contributed by atoms with E-state index in [1.54, 1.807) is 6.07 Å². The molecular formula is C7H6ClNO3S. The monoisotopic (exact) mass is 219 g/mol. The molecule has 6 heteroatoms. The lowest BCUT2D eigenvalue weighted by molar-refractivity contribution is -0.126. The molecule has 1 amide bonds. The number of ketones is 1. The molecule has 0 aliphatic heterocycles. The van der Waals surface area contributed by atoms with Crippen LogP contribution in [0.5, 0.6) is 0 Å². The van der Waals surface area contributed by atoms with E-state index >= 15 is 0 Å². The molecule has 1 N–H and O–H groups in total. The van der Waals surface area contributed by atoms with E-state index in [0.29, 0.717) is 9.21 Å². The Morgan fingerprint density at radius 2 is 2.23 bits per heavy atom. The second kappa shape index (κ2) is 4.36. The molecule has 0 aliphatic rings. The van der Waals surface area contributed by atoms with Gasteiger partial charge in [-0.3, -0.25) is 14.4 Å². The Morgan fingerprint density at radius 1 is 1.54 bits per heavy atom. The summed E-state index contributed by atoms with van der Waals surface area (Å²) in [5.41, 5.74) is 1.93. The van der Waals surface area contributed by atoms with Crippen molar-refractivity contribution >= 4 is 34.6 Å². The fourth-order valence-electron chi connectivity index (χ4n) is 0.687. The SMILES string of the molecule is CONC(=O)C(=O)c1ccc(Cl)s1. The van der Waals surface area contributed by atoms with Crippen LogP contribution in [-0.2, 0) is 9.63 Å². The van der Waals surface area contributed by atoms with Gasteiger partial charge in [0.25, 0.3) is 5.78 Å². The van der Waals surface area contributed by atoms with Crippen molar-refractivity contribution in [2.45, 2.75) is 0 Å². The molecular weight excluding hydrogens is 214 g/mol. The van der Waals surface area contributed by atoms with E-state index in [-0.39, 0.29) is 0 Å². The largest absolute Gasteiger partial charge is 0.316 e. The minimum absolute atomic E-state index is 0.291. The number of carbonyl (C=O) groups excluding carboxylic acids is 2. The van der Waals surface area contributed by atoms with Crippen LogP contribution < -0.4 is 5.48 Å². The third-order valence-corrected chi connectivity index (χ3v) is 2.43. The van der Waals surface area contributed by atoms with Crippen LogP contribution in [0.1, 0.15) is 9.67 Å². The number of carbonyl (C=O) groups is 2. The zero-order valence-electron chi connectivity index (χ0n) is 6.67. The highest BCUT2D eigenvalue weighted by atomic mass is 35.5. The van der Waals surface area contributed by atoms with Crippen LogP contribution in [0, 0.1) is 0 Å². The highest BCUT2D eigenvalue weighted by molar-refractivity contribution is 7.18. The van der Waals surface area contributed by atoms with Crippen LogP contribution in [-0.4, -0.2) is 18.8 Å². The standard InChI is InChI=1S/C7H6ClNO3S/c1-12-9-7(11)6(10)4-2-3-5(8)13-4/h2-3H,1H3,(H,9,11). The summed E-state index contributed by atoms with van der Waals surface area (Å²) in [6.45, 7) is 0. The van der Waals surface area contributed by atoms with Gasteiger partial charge in [0.2, 0.25) is 0 Å². The Balaban J connectivity index is 2.73. The molecule has 13 heavy (non-hydrogen) atoms. The van der Waals surface area contributed by atoms with Crippen molar-refractivity contribution in [1.29, 1.82) is 0 Å². The Labute approximate surface area is 83.4 Å². The van der Waals surface area contributed by atoms with E-state index in [4.69, 9.17) is 11.6 Å². The lowest BCUT2D eigenvalue weighted by Crippen LogP contribution is -2.29. The molecule has 0 spiro atoms. The maximum Gasteiger partial charge on any atom is 0.316 e. The number of hydroxylamine groups is 1. The van der Waals surface area contributed by atoms with Crippen LogP contribution >= 0.6 is 22.9 Å². The Bertz CT molecular complexity index is 336. The predicted octanol–water partition coefficient (Wildman–Crippen LogP) is 1.26. The molecule has 0 bridgehead atoms. The van der Waals surface area contributed by atoms with Crippen molar-refractivity contribution in [2.24, 2.45) is 0 Å². The van der Waals surface area contributed by atoms with Gasteiger partial charge in [0, 0.05) is 0 Å².